The Kier molecular flexibility index (Phi) is 5.43. The van der Waals surface area contributed by atoms with E-state index in [4.69, 9.17) is 21.1 Å². The summed E-state index contributed by atoms with van der Waals surface area (Å²) >= 11 is 5.65. The van der Waals surface area contributed by atoms with E-state index >= 15 is 0 Å². The van der Waals surface area contributed by atoms with E-state index in [1.165, 1.54) is 12.1 Å². The summed E-state index contributed by atoms with van der Waals surface area (Å²) in [6.45, 7) is 0.817. The zero-order valence-electron chi connectivity index (χ0n) is 13.9. The summed E-state index contributed by atoms with van der Waals surface area (Å²) in [5, 5.41) is 12.0. The van der Waals surface area contributed by atoms with Gasteiger partial charge in [0.05, 0.1) is 17.0 Å². The predicted octanol–water partition coefficient (Wildman–Crippen LogP) is 5.34. The van der Waals surface area contributed by atoms with Gasteiger partial charge in [0.15, 0.2) is 0 Å². The molecule has 0 saturated carbocycles. The third kappa shape index (κ3) is 4.61. The van der Waals surface area contributed by atoms with Crippen molar-refractivity contribution in [1.29, 1.82) is 0 Å². The van der Waals surface area contributed by atoms with Crippen molar-refractivity contribution < 1.29 is 27.5 Å². The minimum absolute atomic E-state index is 0.0240. The van der Waals surface area contributed by atoms with E-state index in [2.05, 4.69) is 5.32 Å². The molecule has 0 amide bonds. The van der Waals surface area contributed by atoms with Gasteiger partial charge in [-0.1, -0.05) is 17.7 Å². The van der Waals surface area contributed by atoms with Crippen LogP contribution in [0.1, 0.15) is 17.5 Å². The summed E-state index contributed by atoms with van der Waals surface area (Å²) in [5.74, 6) is -0.568. The van der Waals surface area contributed by atoms with E-state index in [0.717, 1.165) is 17.0 Å². The molecule has 3 aromatic rings. The molecule has 2 aromatic carbocycles. The smallest absolute Gasteiger partial charge is 0.417 e. The van der Waals surface area contributed by atoms with Gasteiger partial charge in [0.1, 0.15) is 11.3 Å². The van der Waals surface area contributed by atoms with E-state index in [0.29, 0.717) is 24.4 Å². The number of rotatable bonds is 6. The van der Waals surface area contributed by atoms with Crippen molar-refractivity contribution in [3.8, 4) is 11.3 Å². The van der Waals surface area contributed by atoms with Crippen LogP contribution in [0.2, 0.25) is 5.02 Å². The number of hydrogen-bond donors (Lipinski definition) is 2. The summed E-state index contributed by atoms with van der Waals surface area (Å²) < 4.78 is 44.8. The molecular weight excluding hydrogens is 383 g/mol. The zero-order valence-corrected chi connectivity index (χ0v) is 14.7. The first-order valence-electron chi connectivity index (χ1n) is 8.06. The van der Waals surface area contributed by atoms with Crippen molar-refractivity contribution in [2.75, 3.05) is 6.54 Å². The van der Waals surface area contributed by atoms with Crippen LogP contribution in [0.5, 0.6) is 0 Å². The Morgan fingerprint density at radius 3 is 2.63 bits per heavy atom. The minimum Gasteiger partial charge on any atom is -0.481 e. The lowest BCUT2D eigenvalue weighted by Crippen LogP contribution is -2.17. The van der Waals surface area contributed by atoms with Gasteiger partial charge in [-0.25, -0.2) is 0 Å². The average Bonchev–Trinajstić information content (AvgIpc) is 3.01. The van der Waals surface area contributed by atoms with Gasteiger partial charge in [-0.2, -0.15) is 13.2 Å². The number of carboxylic acids is 1. The molecule has 1 heterocycles. The molecule has 0 spiro atoms. The number of hydrogen-bond acceptors (Lipinski definition) is 3. The highest BCUT2D eigenvalue weighted by molar-refractivity contribution is 6.31. The highest BCUT2D eigenvalue weighted by Gasteiger charge is 2.33. The fourth-order valence-corrected chi connectivity index (χ4v) is 2.89. The average molecular weight is 398 g/mol. The summed E-state index contributed by atoms with van der Waals surface area (Å²) in [5.41, 5.74) is 0.824. The predicted molar refractivity (Wildman–Crippen MR) is 95.6 cm³/mol. The second-order valence-corrected chi connectivity index (χ2v) is 6.40. The molecule has 0 fully saturated rings. The van der Waals surface area contributed by atoms with E-state index in [-0.39, 0.29) is 17.0 Å². The quantitative estimate of drug-likeness (QED) is 0.551. The number of fused-ring (bicyclic) bond motifs is 1. The van der Waals surface area contributed by atoms with Crippen molar-refractivity contribution in [3.05, 3.63) is 58.6 Å². The molecule has 2 N–H and O–H groups in total. The second kappa shape index (κ2) is 7.62. The first-order valence-corrected chi connectivity index (χ1v) is 8.44. The zero-order chi connectivity index (χ0) is 19.6. The topological polar surface area (TPSA) is 62.5 Å². The van der Waals surface area contributed by atoms with Crippen LogP contribution in [0, 0.1) is 0 Å². The van der Waals surface area contributed by atoms with Crippen LogP contribution in [-0.4, -0.2) is 17.6 Å². The number of alkyl halides is 3. The molecule has 0 unspecified atom stereocenters. The summed E-state index contributed by atoms with van der Waals surface area (Å²) in [6, 6.07) is 10.7. The standard InChI is InChI=1S/C19H15ClF3NO3/c20-15-3-2-12(8-14(15)19(21,22)23)17-9-13-7-11(1-4-16(13)27-17)10-24-6-5-18(25)26/h1-4,7-9,24H,5-6,10H2,(H,25,26). The Labute approximate surface area is 157 Å². The SMILES string of the molecule is O=C(O)CCNCc1ccc2oc(-c3ccc(Cl)c(C(F)(F)F)c3)cc2c1. The molecule has 0 aliphatic rings. The van der Waals surface area contributed by atoms with Crippen LogP contribution < -0.4 is 5.32 Å². The Morgan fingerprint density at radius 1 is 1.15 bits per heavy atom. The normalized spacial score (nSPS) is 11.9. The Hall–Kier alpha value is -2.51. The van der Waals surface area contributed by atoms with Crippen LogP contribution in [0.15, 0.2) is 46.9 Å². The second-order valence-electron chi connectivity index (χ2n) is 6.00. The van der Waals surface area contributed by atoms with Crippen molar-refractivity contribution in [2.45, 2.75) is 19.1 Å². The molecule has 1 aromatic heterocycles. The highest BCUT2D eigenvalue weighted by Crippen LogP contribution is 2.38. The fourth-order valence-electron chi connectivity index (χ4n) is 2.67. The lowest BCUT2D eigenvalue weighted by atomic mass is 10.1. The number of benzene rings is 2. The highest BCUT2D eigenvalue weighted by atomic mass is 35.5. The Morgan fingerprint density at radius 2 is 1.93 bits per heavy atom. The molecule has 8 heteroatoms. The van der Waals surface area contributed by atoms with Crippen molar-refractivity contribution >= 4 is 28.5 Å². The van der Waals surface area contributed by atoms with Crippen molar-refractivity contribution in [1.82, 2.24) is 5.32 Å². The van der Waals surface area contributed by atoms with Crippen molar-refractivity contribution in [3.63, 3.8) is 0 Å². The van der Waals surface area contributed by atoms with E-state index in [9.17, 15) is 18.0 Å². The van der Waals surface area contributed by atoms with E-state index < -0.39 is 17.7 Å². The fraction of sp³-hybridized carbons (Fsp3) is 0.211. The third-order valence-corrected chi connectivity index (χ3v) is 4.31. The maximum absolute atomic E-state index is 13.0. The lowest BCUT2D eigenvalue weighted by Gasteiger charge is -2.09. The molecule has 0 aliphatic carbocycles. The molecule has 0 aliphatic heterocycles. The Bertz CT molecular complexity index is 982. The molecule has 0 radical (unpaired) electrons. The van der Waals surface area contributed by atoms with E-state index in [1.54, 1.807) is 12.1 Å². The molecule has 0 saturated heterocycles. The van der Waals surface area contributed by atoms with E-state index in [1.807, 2.05) is 12.1 Å². The number of carbonyl (C=O) groups is 1. The minimum atomic E-state index is -4.55. The lowest BCUT2D eigenvalue weighted by molar-refractivity contribution is -0.138. The van der Waals surface area contributed by atoms with Gasteiger partial charge >= 0.3 is 12.1 Å². The maximum Gasteiger partial charge on any atom is 0.417 e. The van der Waals surface area contributed by atoms with Crippen LogP contribution in [-0.2, 0) is 17.5 Å². The van der Waals surface area contributed by atoms with Crippen LogP contribution in [0.4, 0.5) is 13.2 Å². The maximum atomic E-state index is 13.0. The van der Waals surface area contributed by atoms with Gasteiger partial charge in [0, 0.05) is 24.0 Å². The number of aliphatic carboxylic acids is 1. The van der Waals surface area contributed by atoms with Gasteiger partial charge < -0.3 is 14.8 Å². The van der Waals surface area contributed by atoms with Gasteiger partial charge in [-0.3, -0.25) is 4.79 Å². The monoisotopic (exact) mass is 397 g/mol. The number of carboxylic acid groups (broad SMARTS) is 1. The van der Waals surface area contributed by atoms with Crippen LogP contribution >= 0.6 is 11.6 Å². The summed E-state index contributed by atoms with van der Waals surface area (Å²) in [4.78, 5) is 10.5. The third-order valence-electron chi connectivity index (χ3n) is 3.98. The van der Waals surface area contributed by atoms with Gasteiger partial charge in [-0.15, -0.1) is 0 Å². The number of halogens is 4. The van der Waals surface area contributed by atoms with Gasteiger partial charge in [-0.05, 0) is 42.0 Å². The number of nitrogens with one attached hydrogen (secondary N) is 1. The Balaban J connectivity index is 1.84. The molecule has 142 valence electrons. The molecule has 0 bridgehead atoms. The van der Waals surface area contributed by atoms with Gasteiger partial charge in [0.2, 0.25) is 0 Å². The summed E-state index contributed by atoms with van der Waals surface area (Å²) in [7, 11) is 0. The van der Waals surface area contributed by atoms with Crippen LogP contribution in [0.25, 0.3) is 22.3 Å². The van der Waals surface area contributed by atoms with Crippen LogP contribution in [0.3, 0.4) is 0 Å². The first kappa shape index (κ1) is 19.3. The molecule has 3 rings (SSSR count). The molecule has 27 heavy (non-hydrogen) atoms. The van der Waals surface area contributed by atoms with Gasteiger partial charge in [0.25, 0.3) is 0 Å². The molecule has 0 atom stereocenters. The molecule has 4 nitrogen and oxygen atoms in total. The van der Waals surface area contributed by atoms with Crippen molar-refractivity contribution in [2.24, 2.45) is 0 Å². The summed E-state index contributed by atoms with van der Waals surface area (Å²) in [6.07, 6.45) is -4.52. The largest absolute Gasteiger partial charge is 0.481 e. The first-order chi connectivity index (χ1) is 12.7. The molecular formula is C19H15ClF3NO3. The number of furan rings is 1.